The molecule has 0 bridgehead atoms. The Morgan fingerprint density at radius 2 is 1.56 bits per heavy atom. The summed E-state index contributed by atoms with van der Waals surface area (Å²) in [5, 5.41) is 0. The van der Waals surface area contributed by atoms with Crippen LogP contribution in [0.3, 0.4) is 0 Å². The number of ether oxygens (including phenoxy) is 6. The topological polar surface area (TPSA) is 78.9 Å². The van der Waals surface area contributed by atoms with Gasteiger partial charge in [-0.05, 0) is 74.8 Å². The number of methoxy groups -OCH3 is 5. The molecule has 4 rings (SSSR count). The number of nitrogens with zero attached hydrogens (tertiary/aromatic N) is 2. The number of amides is 1. The molecule has 0 saturated heterocycles. The summed E-state index contributed by atoms with van der Waals surface area (Å²) in [7, 11) is 11.9. The van der Waals surface area contributed by atoms with Gasteiger partial charge in [0.25, 0.3) is 5.91 Å². The molecular weight excluding hydrogens is 568 g/mol. The predicted octanol–water partition coefficient (Wildman–Crippen LogP) is 5.62. The second-order valence-electron chi connectivity index (χ2n) is 10.2. The molecule has 232 valence electrons. The molecule has 3 aromatic rings. The first-order chi connectivity index (χ1) is 20.8. The number of para-hydroxylation sites is 1. The molecule has 0 saturated carbocycles. The fourth-order valence-corrected chi connectivity index (χ4v) is 6.65. The molecular formula is C33H42N2O7S. The Morgan fingerprint density at radius 1 is 0.837 bits per heavy atom. The lowest BCUT2D eigenvalue weighted by molar-refractivity contribution is -0.131. The number of carbonyl (C=O) groups is 1. The van der Waals surface area contributed by atoms with Crippen LogP contribution in [0.4, 0.5) is 5.69 Å². The van der Waals surface area contributed by atoms with Crippen LogP contribution < -0.4 is 28.6 Å². The summed E-state index contributed by atoms with van der Waals surface area (Å²) >= 11 is 1.38. The van der Waals surface area contributed by atoms with Crippen molar-refractivity contribution in [3.63, 3.8) is 0 Å². The van der Waals surface area contributed by atoms with Crippen molar-refractivity contribution in [1.82, 2.24) is 4.90 Å². The van der Waals surface area contributed by atoms with Gasteiger partial charge in [-0.1, -0.05) is 30.0 Å². The van der Waals surface area contributed by atoms with Crippen molar-refractivity contribution in [2.24, 2.45) is 0 Å². The highest BCUT2D eigenvalue weighted by Crippen LogP contribution is 2.53. The smallest absolute Gasteiger partial charge is 0.274 e. The minimum Gasteiger partial charge on any atom is -0.497 e. The molecule has 1 amide bonds. The van der Waals surface area contributed by atoms with Crippen LogP contribution in [0.1, 0.15) is 24.0 Å². The van der Waals surface area contributed by atoms with E-state index < -0.39 is 4.93 Å². The summed E-state index contributed by atoms with van der Waals surface area (Å²) in [5.41, 5.74) is 2.56. The molecule has 0 aliphatic carbocycles. The predicted molar refractivity (Wildman–Crippen MR) is 169 cm³/mol. The molecule has 9 nitrogen and oxygen atoms in total. The van der Waals surface area contributed by atoms with Crippen LogP contribution in [0, 0.1) is 0 Å². The summed E-state index contributed by atoms with van der Waals surface area (Å²) in [6, 6.07) is 17.3. The highest BCUT2D eigenvalue weighted by Gasteiger charge is 2.50. The first-order valence-electron chi connectivity index (χ1n) is 14.2. The summed E-state index contributed by atoms with van der Waals surface area (Å²) in [5.74, 6) is 3.03. The Balaban J connectivity index is 1.38. The van der Waals surface area contributed by atoms with Crippen LogP contribution in [0.2, 0.25) is 0 Å². The number of thioether (sulfide) groups is 1. The number of hydrogen-bond donors (Lipinski definition) is 0. The van der Waals surface area contributed by atoms with E-state index in [2.05, 4.69) is 11.9 Å². The number of fused-ring (bicyclic) bond motifs is 1. The standard InChI is InChI=1S/C33H42N2O7S/c1-34(19-10-12-23-15-17-28(38-4)31(40-6)30(23)39-5)20-11-21-42-27-18-16-24(37-3)22-25(27)33(41-7)32(36)35(2)26-13-8-9-14-29(26)43-33/h8-9,13-18,22H,10-12,19-21H2,1-7H3. The van der Waals surface area contributed by atoms with E-state index >= 15 is 0 Å². The molecule has 1 atom stereocenters. The maximum absolute atomic E-state index is 13.8. The lowest BCUT2D eigenvalue weighted by Gasteiger charge is -2.40. The fraction of sp³-hybridized carbons (Fsp3) is 0.424. The first kappa shape index (κ1) is 32.3. The second kappa shape index (κ2) is 14.7. The van der Waals surface area contributed by atoms with Gasteiger partial charge < -0.3 is 38.2 Å². The number of aryl methyl sites for hydroxylation is 1. The zero-order valence-corrected chi connectivity index (χ0v) is 26.9. The third-order valence-electron chi connectivity index (χ3n) is 7.61. The quantitative estimate of drug-likeness (QED) is 0.204. The molecule has 1 aliphatic rings. The fourth-order valence-electron chi connectivity index (χ4n) is 5.31. The monoisotopic (exact) mass is 610 g/mol. The van der Waals surface area contributed by atoms with Crippen molar-refractivity contribution >= 4 is 23.4 Å². The van der Waals surface area contributed by atoms with Gasteiger partial charge in [0, 0.05) is 31.2 Å². The van der Waals surface area contributed by atoms with Gasteiger partial charge in [0.2, 0.25) is 10.7 Å². The zero-order chi connectivity index (χ0) is 31.0. The number of benzene rings is 3. The van der Waals surface area contributed by atoms with Gasteiger partial charge in [0.05, 0.1) is 40.7 Å². The Morgan fingerprint density at radius 3 is 2.26 bits per heavy atom. The third kappa shape index (κ3) is 6.82. The summed E-state index contributed by atoms with van der Waals surface area (Å²) in [6.07, 6.45) is 2.61. The molecule has 1 unspecified atom stereocenters. The lowest BCUT2D eigenvalue weighted by atomic mass is 10.0. The zero-order valence-electron chi connectivity index (χ0n) is 26.1. The molecule has 1 aliphatic heterocycles. The van der Waals surface area contributed by atoms with E-state index in [4.69, 9.17) is 28.4 Å². The first-order valence-corrected chi connectivity index (χ1v) is 15.0. The van der Waals surface area contributed by atoms with E-state index in [1.54, 1.807) is 47.5 Å². The summed E-state index contributed by atoms with van der Waals surface area (Å²) in [4.78, 5) is 17.4. The molecule has 3 aromatic carbocycles. The van der Waals surface area contributed by atoms with Crippen molar-refractivity contribution in [2.45, 2.75) is 29.1 Å². The molecule has 0 N–H and O–H groups in total. The number of anilines is 1. The minimum absolute atomic E-state index is 0.178. The lowest BCUT2D eigenvalue weighted by Crippen LogP contribution is -2.47. The van der Waals surface area contributed by atoms with Crippen LogP contribution in [0.25, 0.3) is 0 Å². The Labute approximate surface area is 258 Å². The van der Waals surface area contributed by atoms with E-state index in [-0.39, 0.29) is 5.91 Å². The van der Waals surface area contributed by atoms with Gasteiger partial charge in [-0.3, -0.25) is 4.79 Å². The highest BCUT2D eigenvalue weighted by atomic mass is 32.2. The van der Waals surface area contributed by atoms with Gasteiger partial charge in [-0.2, -0.15) is 0 Å². The molecule has 0 radical (unpaired) electrons. The molecule has 0 aromatic heterocycles. The van der Waals surface area contributed by atoms with Crippen LogP contribution in [-0.2, 0) is 20.9 Å². The molecule has 10 heteroatoms. The second-order valence-corrected chi connectivity index (χ2v) is 11.4. The molecule has 0 fully saturated rings. The highest BCUT2D eigenvalue weighted by molar-refractivity contribution is 8.01. The maximum atomic E-state index is 13.8. The number of carbonyl (C=O) groups excluding carboxylic acids is 1. The van der Waals surface area contributed by atoms with Gasteiger partial charge in [-0.15, -0.1) is 0 Å². The van der Waals surface area contributed by atoms with E-state index in [1.165, 1.54) is 11.8 Å². The van der Waals surface area contributed by atoms with Gasteiger partial charge in [-0.25, -0.2) is 0 Å². The largest absolute Gasteiger partial charge is 0.497 e. The van der Waals surface area contributed by atoms with Crippen LogP contribution in [0.15, 0.2) is 59.5 Å². The van der Waals surface area contributed by atoms with E-state index in [9.17, 15) is 4.79 Å². The minimum atomic E-state index is -1.31. The van der Waals surface area contributed by atoms with Crippen molar-refractivity contribution in [3.05, 3.63) is 65.7 Å². The van der Waals surface area contributed by atoms with Gasteiger partial charge in [0.15, 0.2) is 11.5 Å². The Hall–Kier alpha value is -3.60. The van der Waals surface area contributed by atoms with E-state index in [0.29, 0.717) is 40.9 Å². The average Bonchev–Trinajstić information content (AvgIpc) is 3.04. The number of hydrogen-bond acceptors (Lipinski definition) is 9. The van der Waals surface area contributed by atoms with Gasteiger partial charge >= 0.3 is 0 Å². The molecule has 0 spiro atoms. The number of rotatable bonds is 15. The third-order valence-corrected chi connectivity index (χ3v) is 9.02. The normalized spacial score (nSPS) is 16.2. The van der Waals surface area contributed by atoms with Crippen LogP contribution in [-0.4, -0.2) is 80.1 Å². The SMILES string of the molecule is COc1ccc(OCCCN(C)CCCc2ccc(OC)c(OC)c2OC)c(C2(OC)Sc3ccccc3N(C)C2=O)c1. The van der Waals surface area contributed by atoms with Crippen molar-refractivity contribution < 1.29 is 33.2 Å². The van der Waals surface area contributed by atoms with Crippen molar-refractivity contribution in [2.75, 3.05) is 74.2 Å². The Bertz CT molecular complexity index is 1400. The van der Waals surface area contributed by atoms with Crippen molar-refractivity contribution in [1.29, 1.82) is 0 Å². The average molecular weight is 611 g/mol. The van der Waals surface area contributed by atoms with E-state index in [1.807, 2.05) is 54.6 Å². The Kier molecular flexibility index (Phi) is 11.1. The van der Waals surface area contributed by atoms with Crippen LogP contribution >= 0.6 is 11.8 Å². The molecule has 1 heterocycles. The van der Waals surface area contributed by atoms with Gasteiger partial charge in [0.1, 0.15) is 11.5 Å². The summed E-state index contributed by atoms with van der Waals surface area (Å²) in [6.45, 7) is 2.25. The number of likely N-dealkylation sites (N-methyl/N-ethyl adjacent to an activating group) is 1. The van der Waals surface area contributed by atoms with E-state index in [0.717, 1.165) is 48.5 Å². The molecule has 43 heavy (non-hydrogen) atoms. The summed E-state index contributed by atoms with van der Waals surface area (Å²) < 4.78 is 34.4. The van der Waals surface area contributed by atoms with Crippen molar-refractivity contribution in [3.8, 4) is 28.7 Å². The maximum Gasteiger partial charge on any atom is 0.274 e. The van der Waals surface area contributed by atoms with Crippen LogP contribution in [0.5, 0.6) is 28.7 Å².